The molecule has 1 N–H and O–H groups in total. The number of hydrogen-bond acceptors (Lipinski definition) is 2. The van der Waals surface area contributed by atoms with Crippen LogP contribution in [0.3, 0.4) is 0 Å². The van der Waals surface area contributed by atoms with Crippen LogP contribution in [0.1, 0.15) is 27.9 Å². The Hall–Kier alpha value is -1.59. The molecule has 0 saturated carbocycles. The first-order valence-electron chi connectivity index (χ1n) is 5.39. The second-order valence-corrected chi connectivity index (χ2v) is 4.25. The maximum Gasteiger partial charge on any atom is 0.169 e. The largest absolute Gasteiger partial charge is 0.391 e. The Morgan fingerprint density at radius 2 is 2.38 bits per heavy atom. The summed E-state index contributed by atoms with van der Waals surface area (Å²) in [5, 5.41) is 9.82. The van der Waals surface area contributed by atoms with Crippen molar-refractivity contribution in [1.29, 1.82) is 0 Å². The van der Waals surface area contributed by atoms with Crippen molar-refractivity contribution in [1.82, 2.24) is 0 Å². The number of fused-ring (bicyclic) bond motifs is 1. The molecule has 1 aliphatic rings. The second kappa shape index (κ2) is 4.11. The van der Waals surface area contributed by atoms with Crippen molar-refractivity contribution in [3.8, 4) is 12.3 Å². The minimum Gasteiger partial charge on any atom is -0.391 e. The number of aliphatic hydroxyl groups excluding tert-OH is 1. The predicted molar refractivity (Wildman–Crippen MR) is 62.2 cm³/mol. The van der Waals surface area contributed by atoms with Crippen LogP contribution in [-0.2, 0) is 6.42 Å². The lowest BCUT2D eigenvalue weighted by Gasteiger charge is -2.13. The fraction of sp³-hybridized carbons (Fsp3) is 0.357. The third-order valence-corrected chi connectivity index (χ3v) is 3.23. The molecule has 0 bridgehead atoms. The van der Waals surface area contributed by atoms with E-state index in [1.807, 2.05) is 25.1 Å². The minimum absolute atomic E-state index is 0.0291. The summed E-state index contributed by atoms with van der Waals surface area (Å²) >= 11 is 0. The molecule has 1 aromatic carbocycles. The fourth-order valence-electron chi connectivity index (χ4n) is 2.29. The summed E-state index contributed by atoms with van der Waals surface area (Å²) in [6, 6.07) is 5.69. The number of hydrogen-bond donors (Lipinski definition) is 1. The van der Waals surface area contributed by atoms with Crippen LogP contribution in [-0.4, -0.2) is 17.0 Å². The van der Waals surface area contributed by atoms with Crippen molar-refractivity contribution >= 4 is 5.78 Å². The number of aryl methyl sites for hydroxylation is 1. The SMILES string of the molecule is C#CCC(O)C1Cc2c(C)cccc2C1=O. The molecule has 1 aromatic rings. The monoisotopic (exact) mass is 214 g/mol. The van der Waals surface area contributed by atoms with Gasteiger partial charge in [0.1, 0.15) is 0 Å². The van der Waals surface area contributed by atoms with Gasteiger partial charge in [-0.05, 0) is 24.5 Å². The summed E-state index contributed by atoms with van der Waals surface area (Å²) in [6.07, 6.45) is 5.29. The fourth-order valence-corrected chi connectivity index (χ4v) is 2.29. The van der Waals surface area contributed by atoms with Gasteiger partial charge >= 0.3 is 0 Å². The highest BCUT2D eigenvalue weighted by molar-refractivity contribution is 6.02. The van der Waals surface area contributed by atoms with Crippen LogP contribution in [0.25, 0.3) is 0 Å². The van der Waals surface area contributed by atoms with Gasteiger partial charge in [0.2, 0.25) is 0 Å². The molecule has 0 spiro atoms. The van der Waals surface area contributed by atoms with Gasteiger partial charge in [-0.25, -0.2) is 0 Å². The summed E-state index contributed by atoms with van der Waals surface area (Å²) in [5.41, 5.74) is 2.93. The molecular formula is C14H14O2. The number of carbonyl (C=O) groups is 1. The molecule has 0 amide bonds. The van der Waals surface area contributed by atoms with Crippen LogP contribution in [0, 0.1) is 25.2 Å². The van der Waals surface area contributed by atoms with Crippen molar-refractivity contribution in [3.63, 3.8) is 0 Å². The van der Waals surface area contributed by atoms with Gasteiger partial charge in [0, 0.05) is 12.0 Å². The van der Waals surface area contributed by atoms with E-state index in [1.54, 1.807) is 0 Å². The van der Waals surface area contributed by atoms with E-state index in [-0.39, 0.29) is 18.1 Å². The summed E-state index contributed by atoms with van der Waals surface area (Å²) in [5.74, 6) is 2.08. The molecule has 82 valence electrons. The summed E-state index contributed by atoms with van der Waals surface area (Å²) in [6.45, 7) is 1.99. The van der Waals surface area contributed by atoms with E-state index >= 15 is 0 Å². The zero-order chi connectivity index (χ0) is 11.7. The number of ketones is 1. The third-order valence-electron chi connectivity index (χ3n) is 3.23. The van der Waals surface area contributed by atoms with Crippen LogP contribution in [0.4, 0.5) is 0 Å². The molecule has 2 heteroatoms. The molecule has 2 atom stereocenters. The van der Waals surface area contributed by atoms with E-state index in [0.29, 0.717) is 6.42 Å². The standard InChI is InChI=1S/C14H14O2/c1-3-5-13(15)12-8-11-9(2)6-4-7-10(11)14(12)16/h1,4,6-7,12-13,15H,5,8H2,2H3. The van der Waals surface area contributed by atoms with E-state index in [0.717, 1.165) is 16.7 Å². The Balaban J connectivity index is 2.31. The summed E-state index contributed by atoms with van der Waals surface area (Å²) < 4.78 is 0. The maximum absolute atomic E-state index is 12.0. The first kappa shape index (κ1) is 10.9. The zero-order valence-corrected chi connectivity index (χ0v) is 9.23. The number of rotatable bonds is 2. The summed E-state index contributed by atoms with van der Waals surface area (Å²) in [7, 11) is 0. The minimum atomic E-state index is -0.718. The number of aliphatic hydroxyl groups is 1. The average Bonchev–Trinajstić information content (AvgIpc) is 2.59. The third kappa shape index (κ3) is 1.64. The van der Waals surface area contributed by atoms with Crippen LogP contribution in [0.15, 0.2) is 18.2 Å². The van der Waals surface area contributed by atoms with Gasteiger partial charge in [0.15, 0.2) is 5.78 Å². The van der Waals surface area contributed by atoms with Crippen LogP contribution in [0.5, 0.6) is 0 Å². The van der Waals surface area contributed by atoms with Crippen molar-refractivity contribution < 1.29 is 9.90 Å². The first-order valence-corrected chi connectivity index (χ1v) is 5.39. The molecule has 16 heavy (non-hydrogen) atoms. The molecular weight excluding hydrogens is 200 g/mol. The molecule has 1 aliphatic carbocycles. The highest BCUT2D eigenvalue weighted by Gasteiger charge is 2.35. The van der Waals surface area contributed by atoms with Gasteiger partial charge in [0.25, 0.3) is 0 Å². The lowest BCUT2D eigenvalue weighted by atomic mass is 9.96. The Bertz CT molecular complexity index is 468. The highest BCUT2D eigenvalue weighted by Crippen LogP contribution is 2.31. The number of terminal acetylenes is 1. The van der Waals surface area contributed by atoms with Gasteiger partial charge in [-0.1, -0.05) is 18.2 Å². The Morgan fingerprint density at radius 1 is 1.62 bits per heavy atom. The molecule has 0 saturated heterocycles. The van der Waals surface area contributed by atoms with Gasteiger partial charge in [-0.3, -0.25) is 4.79 Å². The van der Waals surface area contributed by atoms with Crippen LogP contribution >= 0.6 is 0 Å². The Morgan fingerprint density at radius 3 is 3.00 bits per heavy atom. The predicted octanol–water partition coefficient (Wildman–Crippen LogP) is 1.73. The van der Waals surface area contributed by atoms with Crippen LogP contribution < -0.4 is 0 Å². The smallest absolute Gasteiger partial charge is 0.169 e. The quantitative estimate of drug-likeness (QED) is 0.761. The number of carbonyl (C=O) groups excluding carboxylic acids is 1. The molecule has 0 heterocycles. The first-order chi connectivity index (χ1) is 7.65. The van der Waals surface area contributed by atoms with E-state index in [1.165, 1.54) is 0 Å². The lowest BCUT2D eigenvalue weighted by Crippen LogP contribution is -2.25. The highest BCUT2D eigenvalue weighted by atomic mass is 16.3. The van der Waals surface area contributed by atoms with Crippen molar-refractivity contribution in [2.45, 2.75) is 25.9 Å². The Kier molecular flexibility index (Phi) is 2.80. The number of benzene rings is 1. The van der Waals surface area contributed by atoms with Crippen molar-refractivity contribution in [2.24, 2.45) is 5.92 Å². The van der Waals surface area contributed by atoms with E-state index in [9.17, 15) is 9.90 Å². The molecule has 0 fully saturated rings. The normalized spacial score (nSPS) is 20.3. The van der Waals surface area contributed by atoms with Gasteiger partial charge in [0.05, 0.1) is 12.0 Å². The molecule has 0 radical (unpaired) electrons. The van der Waals surface area contributed by atoms with Gasteiger partial charge in [-0.15, -0.1) is 12.3 Å². The Labute approximate surface area is 95.3 Å². The average molecular weight is 214 g/mol. The molecule has 2 unspecified atom stereocenters. The van der Waals surface area contributed by atoms with Gasteiger partial charge < -0.3 is 5.11 Å². The molecule has 2 nitrogen and oxygen atoms in total. The van der Waals surface area contributed by atoms with Crippen LogP contribution in [0.2, 0.25) is 0 Å². The topological polar surface area (TPSA) is 37.3 Å². The van der Waals surface area contributed by atoms with E-state index in [2.05, 4.69) is 5.92 Å². The molecule has 2 rings (SSSR count). The van der Waals surface area contributed by atoms with E-state index < -0.39 is 6.10 Å². The second-order valence-electron chi connectivity index (χ2n) is 4.25. The number of Topliss-reactive ketones (excluding diaryl/α,β-unsaturated/α-hetero) is 1. The summed E-state index contributed by atoms with van der Waals surface area (Å²) in [4.78, 5) is 12.0. The lowest BCUT2D eigenvalue weighted by molar-refractivity contribution is 0.0725. The molecule has 0 aliphatic heterocycles. The van der Waals surface area contributed by atoms with Crippen molar-refractivity contribution in [2.75, 3.05) is 0 Å². The molecule has 0 aromatic heterocycles. The zero-order valence-electron chi connectivity index (χ0n) is 9.23. The van der Waals surface area contributed by atoms with Crippen molar-refractivity contribution in [3.05, 3.63) is 34.9 Å². The van der Waals surface area contributed by atoms with Gasteiger partial charge in [-0.2, -0.15) is 0 Å². The van der Waals surface area contributed by atoms with E-state index in [4.69, 9.17) is 6.42 Å². The maximum atomic E-state index is 12.0.